The van der Waals surface area contributed by atoms with Crippen molar-refractivity contribution < 1.29 is 23.1 Å². The van der Waals surface area contributed by atoms with E-state index in [0.29, 0.717) is 11.3 Å². The Labute approximate surface area is 152 Å². The Hall–Kier alpha value is -2.89. The number of hydrogen-bond donors (Lipinski definition) is 1. The topological polar surface area (TPSA) is 96.8 Å². The number of benzene rings is 1. The summed E-state index contributed by atoms with van der Waals surface area (Å²) in [4.78, 5) is 15.6. The maximum absolute atomic E-state index is 13.1. The highest BCUT2D eigenvalue weighted by atomic mass is 32.2. The van der Waals surface area contributed by atoms with Crippen molar-refractivity contribution in [2.24, 2.45) is 0 Å². The molecule has 1 heterocycles. The summed E-state index contributed by atoms with van der Waals surface area (Å²) >= 11 is 0. The standard InChI is InChI=1S/C18H18N2O5S/c1-3-5-17(18(21)22)20(13-14-6-4-11-19-12-14)26(23,24)16-9-7-15(25-2)8-10-16/h1,4,6-12,17H,5,13H2,2H3,(H,21,22)/t17-/m1/s1. The molecule has 26 heavy (non-hydrogen) atoms. The van der Waals surface area contributed by atoms with Gasteiger partial charge < -0.3 is 9.84 Å². The van der Waals surface area contributed by atoms with Crippen LogP contribution in [0.2, 0.25) is 0 Å². The summed E-state index contributed by atoms with van der Waals surface area (Å²) in [5.74, 6) is 1.41. The zero-order valence-corrected chi connectivity index (χ0v) is 14.9. The maximum atomic E-state index is 13.1. The third-order valence-electron chi connectivity index (χ3n) is 3.67. The third kappa shape index (κ3) is 4.39. The van der Waals surface area contributed by atoms with Crippen LogP contribution >= 0.6 is 0 Å². The number of terminal acetylenes is 1. The minimum absolute atomic E-state index is 0.0505. The first-order valence-corrected chi connectivity index (χ1v) is 9.05. The highest BCUT2D eigenvalue weighted by Gasteiger charge is 2.35. The van der Waals surface area contributed by atoms with Crippen molar-refractivity contribution in [1.82, 2.24) is 9.29 Å². The predicted molar refractivity (Wildman–Crippen MR) is 94.8 cm³/mol. The van der Waals surface area contributed by atoms with Gasteiger partial charge in [-0.1, -0.05) is 6.07 Å². The second-order valence-corrected chi connectivity index (χ2v) is 7.24. The van der Waals surface area contributed by atoms with E-state index in [1.54, 1.807) is 18.3 Å². The number of hydrogen-bond acceptors (Lipinski definition) is 5. The van der Waals surface area contributed by atoms with Crippen molar-refractivity contribution in [3.05, 3.63) is 54.4 Å². The van der Waals surface area contributed by atoms with E-state index in [4.69, 9.17) is 11.2 Å². The lowest BCUT2D eigenvalue weighted by atomic mass is 10.2. The van der Waals surface area contributed by atoms with Crippen molar-refractivity contribution in [2.75, 3.05) is 7.11 Å². The molecule has 8 heteroatoms. The summed E-state index contributed by atoms with van der Waals surface area (Å²) in [5, 5.41) is 9.51. The lowest BCUT2D eigenvalue weighted by Gasteiger charge is -2.27. The van der Waals surface area contributed by atoms with Gasteiger partial charge in [-0.15, -0.1) is 12.3 Å². The fourth-order valence-electron chi connectivity index (χ4n) is 2.34. The van der Waals surface area contributed by atoms with Gasteiger partial charge in [0.1, 0.15) is 11.8 Å². The Morgan fingerprint density at radius 3 is 2.54 bits per heavy atom. The van der Waals surface area contributed by atoms with Crippen molar-refractivity contribution in [1.29, 1.82) is 0 Å². The predicted octanol–water partition coefficient (Wildman–Crippen LogP) is 1.76. The summed E-state index contributed by atoms with van der Waals surface area (Å²) in [5.41, 5.74) is 0.549. The molecule has 7 nitrogen and oxygen atoms in total. The molecule has 1 aromatic carbocycles. The van der Waals surface area contributed by atoms with Crippen LogP contribution in [0, 0.1) is 12.3 Å². The fourth-order valence-corrected chi connectivity index (χ4v) is 3.91. The molecule has 136 valence electrons. The van der Waals surface area contributed by atoms with Crippen LogP contribution < -0.4 is 4.74 Å². The molecule has 0 amide bonds. The Kier molecular flexibility index (Phi) is 6.33. The van der Waals surface area contributed by atoms with Crippen LogP contribution in [0.1, 0.15) is 12.0 Å². The molecule has 1 atom stereocenters. The average molecular weight is 374 g/mol. The van der Waals surface area contributed by atoms with Crippen molar-refractivity contribution >= 4 is 16.0 Å². The molecule has 1 N–H and O–H groups in total. The zero-order chi connectivity index (χ0) is 19.2. The summed E-state index contributed by atoms with van der Waals surface area (Å²) in [6, 6.07) is 7.62. The van der Waals surface area contributed by atoms with E-state index in [2.05, 4.69) is 10.9 Å². The largest absolute Gasteiger partial charge is 0.497 e. The van der Waals surface area contributed by atoms with Gasteiger partial charge in [-0.25, -0.2) is 8.42 Å². The van der Waals surface area contributed by atoms with E-state index in [9.17, 15) is 18.3 Å². The molecule has 0 aliphatic rings. The number of carboxylic acids is 1. The second kappa shape index (κ2) is 8.47. The van der Waals surface area contributed by atoms with Gasteiger partial charge >= 0.3 is 5.97 Å². The molecule has 2 aromatic rings. The number of carbonyl (C=O) groups is 1. The molecular formula is C18H18N2O5S. The van der Waals surface area contributed by atoms with Gasteiger partial charge in [-0.2, -0.15) is 4.31 Å². The summed E-state index contributed by atoms with van der Waals surface area (Å²) < 4.78 is 32.1. The Morgan fingerprint density at radius 2 is 2.04 bits per heavy atom. The molecule has 0 saturated heterocycles. The van der Waals surface area contributed by atoms with Crippen LogP contribution in [0.25, 0.3) is 0 Å². The average Bonchev–Trinajstić information content (AvgIpc) is 2.65. The molecule has 0 radical (unpaired) electrons. The molecule has 0 spiro atoms. The normalized spacial score (nSPS) is 12.3. The van der Waals surface area contributed by atoms with Crippen LogP contribution in [0.3, 0.4) is 0 Å². The number of ether oxygens (including phenoxy) is 1. The monoisotopic (exact) mass is 374 g/mol. The van der Waals surface area contributed by atoms with E-state index in [1.807, 2.05) is 0 Å². The second-order valence-electron chi connectivity index (χ2n) is 5.35. The number of methoxy groups -OCH3 is 1. The lowest BCUT2D eigenvalue weighted by molar-refractivity contribution is -0.141. The number of sulfonamides is 1. The first-order valence-electron chi connectivity index (χ1n) is 7.61. The van der Waals surface area contributed by atoms with Crippen LogP contribution in [-0.2, 0) is 21.4 Å². The molecule has 1 aromatic heterocycles. The number of nitrogens with zero attached hydrogens (tertiary/aromatic N) is 2. The third-order valence-corrected chi connectivity index (χ3v) is 5.54. The smallest absolute Gasteiger partial charge is 0.323 e. The number of aromatic nitrogens is 1. The quantitative estimate of drug-likeness (QED) is 0.707. The van der Waals surface area contributed by atoms with Gasteiger partial charge in [0, 0.05) is 25.4 Å². The molecule has 2 rings (SSSR count). The molecule has 0 aliphatic heterocycles. The number of aliphatic carboxylic acids is 1. The van der Waals surface area contributed by atoms with Crippen molar-refractivity contribution in [3.8, 4) is 18.1 Å². The first-order chi connectivity index (χ1) is 12.4. The Morgan fingerprint density at radius 1 is 1.35 bits per heavy atom. The molecule has 0 fully saturated rings. The van der Waals surface area contributed by atoms with Gasteiger partial charge in [0.2, 0.25) is 10.0 Å². The first kappa shape index (κ1) is 19.4. The molecule has 0 aliphatic carbocycles. The summed E-state index contributed by atoms with van der Waals surface area (Å²) in [6.45, 7) is -0.166. The summed E-state index contributed by atoms with van der Waals surface area (Å²) in [7, 11) is -2.65. The van der Waals surface area contributed by atoms with E-state index in [0.717, 1.165) is 4.31 Å². The molecular weight excluding hydrogens is 356 g/mol. The van der Waals surface area contributed by atoms with Crippen molar-refractivity contribution in [3.63, 3.8) is 0 Å². The minimum atomic E-state index is -4.12. The van der Waals surface area contributed by atoms with E-state index in [1.165, 1.54) is 37.6 Å². The fraction of sp³-hybridized carbons (Fsp3) is 0.222. The van der Waals surface area contributed by atoms with Gasteiger partial charge in [-0.3, -0.25) is 9.78 Å². The van der Waals surface area contributed by atoms with Crippen LogP contribution in [0.5, 0.6) is 5.75 Å². The molecule has 0 bridgehead atoms. The van der Waals surface area contributed by atoms with Gasteiger partial charge in [0.05, 0.1) is 12.0 Å². The Bertz CT molecular complexity index is 889. The van der Waals surface area contributed by atoms with Gasteiger partial charge in [0.15, 0.2) is 0 Å². The number of rotatable bonds is 8. The zero-order valence-electron chi connectivity index (χ0n) is 14.1. The van der Waals surface area contributed by atoms with Gasteiger partial charge in [0.25, 0.3) is 0 Å². The van der Waals surface area contributed by atoms with Crippen LogP contribution in [-0.4, -0.2) is 41.9 Å². The maximum Gasteiger partial charge on any atom is 0.323 e. The van der Waals surface area contributed by atoms with E-state index >= 15 is 0 Å². The molecule has 0 unspecified atom stereocenters. The summed E-state index contributed by atoms with van der Waals surface area (Å²) in [6.07, 6.45) is 8.02. The van der Waals surface area contributed by atoms with Crippen LogP contribution in [0.4, 0.5) is 0 Å². The minimum Gasteiger partial charge on any atom is -0.497 e. The number of carboxylic acid groups (broad SMARTS) is 1. The highest BCUT2D eigenvalue weighted by Crippen LogP contribution is 2.24. The van der Waals surface area contributed by atoms with Gasteiger partial charge in [-0.05, 0) is 35.9 Å². The SMILES string of the molecule is C#CC[C@H](C(=O)O)N(Cc1cccnc1)S(=O)(=O)c1ccc(OC)cc1. The van der Waals surface area contributed by atoms with Crippen molar-refractivity contribution in [2.45, 2.75) is 23.9 Å². The molecule has 0 saturated carbocycles. The highest BCUT2D eigenvalue weighted by molar-refractivity contribution is 7.89. The van der Waals surface area contributed by atoms with E-state index in [-0.39, 0.29) is 17.9 Å². The number of pyridine rings is 1. The Balaban J connectivity index is 2.49. The lowest BCUT2D eigenvalue weighted by Crippen LogP contribution is -2.44. The van der Waals surface area contributed by atoms with E-state index < -0.39 is 22.0 Å². The van der Waals surface area contributed by atoms with Crippen LogP contribution in [0.15, 0.2) is 53.7 Å².